The second kappa shape index (κ2) is 19.5. The van der Waals surface area contributed by atoms with Gasteiger partial charge in [-0.25, -0.2) is 0 Å². The third-order valence-electron chi connectivity index (χ3n) is 5.88. The summed E-state index contributed by atoms with van der Waals surface area (Å²) in [5, 5.41) is 18.8. The average Bonchev–Trinajstić information content (AvgIpc) is 2.77. The number of nitrogens with zero attached hydrogens (tertiary/aromatic N) is 1. The number of ether oxygens (including phenoxy) is 2. The van der Waals surface area contributed by atoms with Crippen LogP contribution in [0.2, 0.25) is 0 Å². The summed E-state index contributed by atoms with van der Waals surface area (Å²) >= 11 is 0. The first kappa shape index (κ1) is 29.8. The third-order valence-corrected chi connectivity index (χ3v) is 5.88. The van der Waals surface area contributed by atoms with E-state index in [0.29, 0.717) is 25.0 Å². The fourth-order valence-electron chi connectivity index (χ4n) is 3.56. The van der Waals surface area contributed by atoms with Gasteiger partial charge < -0.3 is 19.7 Å². The van der Waals surface area contributed by atoms with Crippen LogP contribution in [0.1, 0.15) is 85.5 Å². The SMILES string of the molecule is CCCCC(CC)COC(=O)CC(C(=O)OCC(CC)CCCC)N(CCO)CCO. The van der Waals surface area contributed by atoms with Crippen molar-refractivity contribution in [3.8, 4) is 0 Å². The first-order chi connectivity index (χ1) is 15.0. The van der Waals surface area contributed by atoms with Crippen LogP contribution < -0.4 is 0 Å². The highest BCUT2D eigenvalue weighted by molar-refractivity contribution is 5.82. The van der Waals surface area contributed by atoms with Crippen LogP contribution in [0.15, 0.2) is 0 Å². The molecule has 31 heavy (non-hydrogen) atoms. The highest BCUT2D eigenvalue weighted by Crippen LogP contribution is 2.17. The predicted molar refractivity (Wildman–Crippen MR) is 123 cm³/mol. The first-order valence-corrected chi connectivity index (χ1v) is 12.2. The summed E-state index contributed by atoms with van der Waals surface area (Å²) in [5.41, 5.74) is 0. The van der Waals surface area contributed by atoms with Gasteiger partial charge in [-0.1, -0.05) is 66.2 Å². The number of hydrogen-bond acceptors (Lipinski definition) is 7. The Morgan fingerprint density at radius 3 is 1.71 bits per heavy atom. The average molecular weight is 446 g/mol. The fraction of sp³-hybridized carbons (Fsp3) is 0.917. The van der Waals surface area contributed by atoms with Crippen LogP contribution in [-0.2, 0) is 19.1 Å². The largest absolute Gasteiger partial charge is 0.465 e. The van der Waals surface area contributed by atoms with Crippen molar-refractivity contribution in [2.75, 3.05) is 39.5 Å². The summed E-state index contributed by atoms with van der Waals surface area (Å²) in [4.78, 5) is 27.0. The number of aliphatic hydroxyl groups excluding tert-OH is 2. The summed E-state index contributed by atoms with van der Waals surface area (Å²) < 4.78 is 11.1. The molecule has 0 bridgehead atoms. The lowest BCUT2D eigenvalue weighted by Gasteiger charge is -2.29. The molecule has 0 aromatic carbocycles. The molecule has 3 atom stereocenters. The van der Waals surface area contributed by atoms with Gasteiger partial charge in [0.15, 0.2) is 0 Å². The standard InChI is InChI=1S/C24H47NO6/c1-5-9-11-20(7-3)18-30-23(28)17-22(25(13-15-26)14-16-27)24(29)31-19-21(8-4)12-10-6-2/h20-22,26-27H,5-19H2,1-4H3. The first-order valence-electron chi connectivity index (χ1n) is 12.2. The normalized spacial score (nSPS) is 14.3. The predicted octanol–water partition coefficient (Wildman–Crippen LogP) is 3.55. The highest BCUT2D eigenvalue weighted by Gasteiger charge is 2.31. The minimum absolute atomic E-state index is 0.144. The van der Waals surface area contributed by atoms with Crippen molar-refractivity contribution in [2.24, 2.45) is 11.8 Å². The molecule has 0 amide bonds. The molecule has 0 radical (unpaired) electrons. The van der Waals surface area contributed by atoms with Gasteiger partial charge in [0.25, 0.3) is 0 Å². The van der Waals surface area contributed by atoms with E-state index in [1.54, 1.807) is 4.90 Å². The van der Waals surface area contributed by atoms with Crippen molar-refractivity contribution < 1.29 is 29.3 Å². The highest BCUT2D eigenvalue weighted by atomic mass is 16.5. The molecule has 0 saturated carbocycles. The number of carbonyl (C=O) groups excluding carboxylic acids is 2. The summed E-state index contributed by atoms with van der Waals surface area (Å²) in [7, 11) is 0. The maximum absolute atomic E-state index is 12.9. The van der Waals surface area contributed by atoms with E-state index in [2.05, 4.69) is 27.7 Å². The Morgan fingerprint density at radius 1 is 0.806 bits per heavy atom. The van der Waals surface area contributed by atoms with E-state index in [9.17, 15) is 19.8 Å². The summed E-state index contributed by atoms with van der Waals surface area (Å²) in [6, 6.07) is -0.869. The van der Waals surface area contributed by atoms with E-state index < -0.39 is 18.0 Å². The van der Waals surface area contributed by atoms with Gasteiger partial charge in [-0.15, -0.1) is 0 Å². The van der Waals surface area contributed by atoms with E-state index in [4.69, 9.17) is 9.47 Å². The van der Waals surface area contributed by atoms with Crippen LogP contribution in [0, 0.1) is 11.8 Å². The fourth-order valence-corrected chi connectivity index (χ4v) is 3.56. The van der Waals surface area contributed by atoms with Gasteiger partial charge in [-0.3, -0.25) is 14.5 Å². The molecule has 0 aliphatic heterocycles. The second-order valence-corrected chi connectivity index (χ2v) is 8.35. The van der Waals surface area contributed by atoms with Crippen LogP contribution in [-0.4, -0.2) is 72.6 Å². The number of rotatable bonds is 20. The minimum atomic E-state index is -0.869. The van der Waals surface area contributed by atoms with Crippen LogP contribution in [0.3, 0.4) is 0 Å². The zero-order chi connectivity index (χ0) is 23.5. The van der Waals surface area contributed by atoms with Gasteiger partial charge in [-0.2, -0.15) is 0 Å². The molecule has 184 valence electrons. The number of unbranched alkanes of at least 4 members (excludes halogenated alkanes) is 2. The molecule has 2 N–H and O–H groups in total. The number of esters is 2. The van der Waals surface area contributed by atoms with Crippen molar-refractivity contribution >= 4 is 11.9 Å². The zero-order valence-electron chi connectivity index (χ0n) is 20.3. The zero-order valence-corrected chi connectivity index (χ0v) is 20.3. The lowest BCUT2D eigenvalue weighted by atomic mass is 10.0. The topological polar surface area (TPSA) is 96.3 Å². The Hall–Kier alpha value is -1.18. The molecule has 0 heterocycles. The molecule has 7 heteroatoms. The van der Waals surface area contributed by atoms with Gasteiger partial charge in [0.2, 0.25) is 0 Å². The molecule has 0 aliphatic carbocycles. The minimum Gasteiger partial charge on any atom is -0.465 e. The molecule has 0 fully saturated rings. The monoisotopic (exact) mass is 445 g/mol. The van der Waals surface area contributed by atoms with Gasteiger partial charge in [0, 0.05) is 13.1 Å². The van der Waals surface area contributed by atoms with Gasteiger partial charge >= 0.3 is 11.9 Å². The maximum atomic E-state index is 12.9. The number of hydrogen-bond donors (Lipinski definition) is 2. The van der Waals surface area contributed by atoms with Crippen molar-refractivity contribution in [3.05, 3.63) is 0 Å². The molecule has 0 saturated heterocycles. The molecule has 7 nitrogen and oxygen atoms in total. The summed E-state index contributed by atoms with van der Waals surface area (Å²) in [6.07, 6.45) is 8.12. The lowest BCUT2D eigenvalue weighted by Crippen LogP contribution is -2.46. The molecule has 0 rings (SSSR count). The van der Waals surface area contributed by atoms with E-state index in [1.165, 1.54) is 0 Å². The van der Waals surface area contributed by atoms with Gasteiger partial charge in [-0.05, 0) is 24.7 Å². The Balaban J connectivity index is 5.02. The Kier molecular flexibility index (Phi) is 18.8. The van der Waals surface area contributed by atoms with Crippen molar-refractivity contribution in [3.63, 3.8) is 0 Å². The smallest absolute Gasteiger partial charge is 0.323 e. The van der Waals surface area contributed by atoms with E-state index >= 15 is 0 Å². The van der Waals surface area contributed by atoms with E-state index in [-0.39, 0.29) is 32.7 Å². The summed E-state index contributed by atoms with van der Waals surface area (Å²) in [6.45, 7) is 9.10. The van der Waals surface area contributed by atoms with Crippen molar-refractivity contribution in [1.29, 1.82) is 0 Å². The maximum Gasteiger partial charge on any atom is 0.323 e. The van der Waals surface area contributed by atoms with Crippen LogP contribution in [0.4, 0.5) is 0 Å². The molecule has 3 unspecified atom stereocenters. The second-order valence-electron chi connectivity index (χ2n) is 8.35. The van der Waals surface area contributed by atoms with Gasteiger partial charge in [0.05, 0.1) is 32.8 Å². The third kappa shape index (κ3) is 13.8. The van der Waals surface area contributed by atoms with Crippen LogP contribution in [0.5, 0.6) is 0 Å². The van der Waals surface area contributed by atoms with Crippen molar-refractivity contribution in [1.82, 2.24) is 4.90 Å². The van der Waals surface area contributed by atoms with Crippen molar-refractivity contribution in [2.45, 2.75) is 91.5 Å². The molecular weight excluding hydrogens is 398 g/mol. The molecule has 0 aliphatic rings. The van der Waals surface area contributed by atoms with Crippen LogP contribution in [0.25, 0.3) is 0 Å². The molecule has 0 spiro atoms. The summed E-state index contributed by atoms with van der Waals surface area (Å²) in [5.74, 6) is -0.323. The molecular formula is C24H47NO6. The Bertz CT molecular complexity index is 453. The molecule has 0 aromatic rings. The number of carbonyl (C=O) groups is 2. The number of aliphatic hydroxyl groups is 2. The Morgan fingerprint density at radius 2 is 1.29 bits per heavy atom. The van der Waals surface area contributed by atoms with E-state index in [1.807, 2.05) is 0 Å². The Labute approximate surface area is 189 Å². The van der Waals surface area contributed by atoms with E-state index in [0.717, 1.165) is 51.4 Å². The van der Waals surface area contributed by atoms with Gasteiger partial charge in [0.1, 0.15) is 6.04 Å². The quantitative estimate of drug-likeness (QED) is 0.277. The molecule has 0 aromatic heterocycles. The van der Waals surface area contributed by atoms with Crippen LogP contribution >= 0.6 is 0 Å². The lowest BCUT2D eigenvalue weighted by molar-refractivity contribution is -0.158.